The second-order valence-electron chi connectivity index (χ2n) is 11.0. The molecule has 0 radical (unpaired) electrons. The molecule has 1 aliphatic carbocycles. The molecular weight excluding hydrogens is 464 g/mol. The molecule has 2 N–H and O–H groups in total. The Hall–Kier alpha value is -4.03. The van der Waals surface area contributed by atoms with E-state index in [9.17, 15) is 10.1 Å². The van der Waals surface area contributed by atoms with Crippen molar-refractivity contribution in [3.8, 4) is 11.9 Å². The Morgan fingerprint density at radius 1 is 1.19 bits per heavy atom. The van der Waals surface area contributed by atoms with Gasteiger partial charge in [-0.25, -0.2) is 19.3 Å². The van der Waals surface area contributed by atoms with Gasteiger partial charge in [-0.15, -0.1) is 0 Å². The molecule has 0 bridgehead atoms. The number of nitrogens with zero attached hydrogens (tertiary/aromatic N) is 6. The summed E-state index contributed by atoms with van der Waals surface area (Å²) in [5, 5.41) is 16.9. The number of nitrogens with one attached hydrogen (secondary N) is 2. The Balaban J connectivity index is 1.44. The number of aromatic nitrogens is 5. The molecule has 0 amide bonds. The lowest BCUT2D eigenvalue weighted by Gasteiger charge is -2.26. The first-order chi connectivity index (χ1) is 17.7. The van der Waals surface area contributed by atoms with Crippen LogP contribution in [0.3, 0.4) is 0 Å². The minimum Gasteiger partial charge on any atom is -0.324 e. The molecule has 188 valence electrons. The number of hydrogen-bond acceptors (Lipinski definition) is 7. The van der Waals surface area contributed by atoms with Crippen molar-refractivity contribution in [2.24, 2.45) is 0 Å². The molecule has 2 aliphatic rings. The second-order valence-corrected chi connectivity index (χ2v) is 11.0. The molecule has 1 aromatic carbocycles. The number of pyridine rings is 1. The molecule has 1 aliphatic heterocycles. The van der Waals surface area contributed by atoms with Crippen molar-refractivity contribution in [2.75, 3.05) is 11.9 Å². The molecule has 3 aromatic heterocycles. The molecule has 6 rings (SSSR count). The van der Waals surface area contributed by atoms with E-state index in [1.54, 1.807) is 15.6 Å². The van der Waals surface area contributed by atoms with Crippen LogP contribution >= 0.6 is 0 Å². The minimum atomic E-state index is -0.774. The van der Waals surface area contributed by atoms with Gasteiger partial charge in [-0.05, 0) is 75.9 Å². The Labute approximate surface area is 215 Å². The van der Waals surface area contributed by atoms with E-state index in [0.29, 0.717) is 33.9 Å². The molecule has 1 spiro atoms. The van der Waals surface area contributed by atoms with Crippen LogP contribution < -0.4 is 16.2 Å². The fraction of sp³-hybridized carbons (Fsp3) is 0.393. The molecule has 0 saturated heterocycles. The summed E-state index contributed by atoms with van der Waals surface area (Å²) in [6, 6.07) is 14.1. The number of rotatable bonds is 5. The predicted molar refractivity (Wildman–Crippen MR) is 142 cm³/mol. The van der Waals surface area contributed by atoms with Crippen molar-refractivity contribution >= 4 is 22.7 Å². The lowest BCUT2D eigenvalue weighted by Crippen LogP contribution is -2.33. The van der Waals surface area contributed by atoms with Crippen LogP contribution in [0.25, 0.3) is 16.9 Å². The van der Waals surface area contributed by atoms with Gasteiger partial charge in [0.15, 0.2) is 11.5 Å². The first-order valence-electron chi connectivity index (χ1n) is 12.7. The first kappa shape index (κ1) is 23.4. The van der Waals surface area contributed by atoms with Crippen LogP contribution in [0.1, 0.15) is 63.4 Å². The fourth-order valence-corrected chi connectivity index (χ4v) is 5.29. The lowest BCUT2D eigenvalue weighted by atomic mass is 9.88. The largest absolute Gasteiger partial charge is 0.324 e. The maximum absolute atomic E-state index is 13.4. The standard InChI is InChI=1S/C28H30N8O/c1-17(2)35-25(37)20-14-31-26(32-19-8-9-21-18(12-19)13-30-16-28(21)10-11-28)34-24(20)36(35)23-7-5-6-22(33-23)27(3,4)15-29/h5-9,12,14,17,30H,10-11,13,16H2,1-4H3,(H,31,32,34). The van der Waals surface area contributed by atoms with Gasteiger partial charge in [0, 0.05) is 36.4 Å². The van der Waals surface area contributed by atoms with Gasteiger partial charge in [-0.1, -0.05) is 12.1 Å². The summed E-state index contributed by atoms with van der Waals surface area (Å²) in [6.45, 7) is 9.44. The monoisotopic (exact) mass is 494 g/mol. The summed E-state index contributed by atoms with van der Waals surface area (Å²) in [6.07, 6.45) is 4.06. The van der Waals surface area contributed by atoms with Crippen LogP contribution in [0.4, 0.5) is 11.6 Å². The molecular formula is C28H30N8O. The van der Waals surface area contributed by atoms with Crippen LogP contribution in [0.2, 0.25) is 0 Å². The molecule has 4 heterocycles. The van der Waals surface area contributed by atoms with Gasteiger partial charge in [0.1, 0.15) is 5.39 Å². The van der Waals surface area contributed by atoms with Crippen LogP contribution in [-0.2, 0) is 17.4 Å². The first-order valence-corrected chi connectivity index (χ1v) is 12.7. The van der Waals surface area contributed by atoms with Crippen molar-refractivity contribution < 1.29 is 0 Å². The zero-order valence-corrected chi connectivity index (χ0v) is 21.5. The zero-order valence-electron chi connectivity index (χ0n) is 21.5. The highest BCUT2D eigenvalue weighted by atomic mass is 16.1. The molecule has 9 heteroatoms. The second kappa shape index (κ2) is 8.25. The molecule has 9 nitrogen and oxygen atoms in total. The zero-order chi connectivity index (χ0) is 25.9. The Bertz CT molecular complexity index is 1630. The summed E-state index contributed by atoms with van der Waals surface area (Å²) in [5.41, 5.74) is 4.11. The Morgan fingerprint density at radius 3 is 2.73 bits per heavy atom. The van der Waals surface area contributed by atoms with Crippen molar-refractivity contribution in [3.63, 3.8) is 0 Å². The maximum Gasteiger partial charge on any atom is 0.278 e. The van der Waals surface area contributed by atoms with Gasteiger partial charge >= 0.3 is 0 Å². The van der Waals surface area contributed by atoms with Crippen molar-refractivity contribution in [2.45, 2.75) is 64.0 Å². The van der Waals surface area contributed by atoms with Gasteiger partial charge in [0.25, 0.3) is 5.56 Å². The SMILES string of the molecule is CC(C)n1c(=O)c2cnc(Nc3ccc4c(c3)CNCC43CC3)nc2n1-c1cccc(C(C)(C)C#N)n1. The number of benzene rings is 1. The van der Waals surface area contributed by atoms with Gasteiger partial charge in [0.2, 0.25) is 5.95 Å². The third-order valence-electron chi connectivity index (χ3n) is 7.55. The molecule has 37 heavy (non-hydrogen) atoms. The smallest absolute Gasteiger partial charge is 0.278 e. The highest BCUT2D eigenvalue weighted by molar-refractivity contribution is 5.77. The fourth-order valence-electron chi connectivity index (χ4n) is 5.29. The topological polar surface area (TPSA) is 113 Å². The Morgan fingerprint density at radius 2 is 2.00 bits per heavy atom. The van der Waals surface area contributed by atoms with Gasteiger partial charge in [-0.3, -0.25) is 4.79 Å². The third-order valence-corrected chi connectivity index (χ3v) is 7.55. The number of fused-ring (bicyclic) bond motifs is 3. The van der Waals surface area contributed by atoms with E-state index in [1.807, 2.05) is 45.9 Å². The van der Waals surface area contributed by atoms with Crippen LogP contribution in [0, 0.1) is 11.3 Å². The highest BCUT2D eigenvalue weighted by Gasteiger charge is 2.46. The van der Waals surface area contributed by atoms with E-state index < -0.39 is 5.41 Å². The van der Waals surface area contributed by atoms with E-state index >= 15 is 0 Å². The summed E-state index contributed by atoms with van der Waals surface area (Å²) >= 11 is 0. The van der Waals surface area contributed by atoms with Crippen LogP contribution in [0.5, 0.6) is 0 Å². The normalized spacial score (nSPS) is 16.1. The molecule has 1 fully saturated rings. The van der Waals surface area contributed by atoms with Crippen molar-refractivity contribution in [1.82, 2.24) is 29.6 Å². The van der Waals surface area contributed by atoms with Gasteiger partial charge in [-0.2, -0.15) is 10.2 Å². The minimum absolute atomic E-state index is 0.143. The van der Waals surface area contributed by atoms with E-state index in [2.05, 4.69) is 39.9 Å². The summed E-state index contributed by atoms with van der Waals surface area (Å²) in [4.78, 5) is 27.4. The lowest BCUT2D eigenvalue weighted by molar-refractivity contribution is 0.470. The molecule has 0 atom stereocenters. The third kappa shape index (κ3) is 3.80. The van der Waals surface area contributed by atoms with E-state index in [4.69, 9.17) is 9.97 Å². The summed E-state index contributed by atoms with van der Waals surface area (Å²) < 4.78 is 3.37. The van der Waals surface area contributed by atoms with Crippen LogP contribution in [0.15, 0.2) is 47.4 Å². The Kier molecular flexibility index (Phi) is 5.21. The maximum atomic E-state index is 13.4. The molecule has 0 unspecified atom stereocenters. The van der Waals surface area contributed by atoms with Gasteiger partial charge in [0.05, 0.1) is 17.2 Å². The number of nitriles is 1. The highest BCUT2D eigenvalue weighted by Crippen LogP contribution is 2.50. The quantitative estimate of drug-likeness (QED) is 0.427. The van der Waals surface area contributed by atoms with Crippen LogP contribution in [-0.4, -0.2) is 30.9 Å². The van der Waals surface area contributed by atoms with E-state index in [-0.39, 0.29) is 11.6 Å². The average Bonchev–Trinajstić information content (AvgIpc) is 3.59. The van der Waals surface area contributed by atoms with E-state index in [1.165, 1.54) is 24.0 Å². The molecule has 1 saturated carbocycles. The number of anilines is 2. The number of hydrogen-bond donors (Lipinski definition) is 2. The van der Waals surface area contributed by atoms with Gasteiger partial charge < -0.3 is 10.6 Å². The van der Waals surface area contributed by atoms with Crippen molar-refractivity contribution in [1.29, 1.82) is 5.26 Å². The molecule has 4 aromatic rings. The summed E-state index contributed by atoms with van der Waals surface area (Å²) in [7, 11) is 0. The average molecular weight is 495 g/mol. The predicted octanol–water partition coefficient (Wildman–Crippen LogP) is 4.24. The summed E-state index contributed by atoms with van der Waals surface area (Å²) in [5.74, 6) is 0.932. The van der Waals surface area contributed by atoms with Crippen molar-refractivity contribution in [3.05, 3.63) is 69.8 Å². The van der Waals surface area contributed by atoms with E-state index in [0.717, 1.165) is 18.8 Å².